The summed E-state index contributed by atoms with van der Waals surface area (Å²) >= 11 is 0. The molecule has 0 bridgehead atoms. The summed E-state index contributed by atoms with van der Waals surface area (Å²) in [5.41, 5.74) is 0. The average Bonchev–Trinajstić information content (AvgIpc) is 3.60. The number of unbranched alkanes of at least 4 members (excludes halogenated alkanes) is 28. The zero-order valence-electron chi connectivity index (χ0n) is 52.3. The smallest absolute Gasteiger partial charge is 0.306 e. The van der Waals surface area contributed by atoms with E-state index in [1.165, 1.54) is 148 Å². The van der Waals surface area contributed by atoms with E-state index in [0.717, 1.165) is 77.0 Å². The van der Waals surface area contributed by atoms with Crippen LogP contribution in [0.3, 0.4) is 0 Å². The normalized spacial score (nSPS) is 19.2. The number of carbonyl (C=O) groups is 2. The first-order chi connectivity index (χ1) is 40.2. The Hall–Kier alpha value is -3.42. The molecule has 0 aliphatic carbocycles. The largest absolute Gasteiger partial charge is 0.454 e. The highest BCUT2D eigenvalue weighted by Crippen LogP contribution is 2.26. The average molecular weight is 1150 g/mol. The van der Waals surface area contributed by atoms with Gasteiger partial charge < -0.3 is 45.1 Å². The molecule has 1 fully saturated rings. The molecule has 0 saturated carbocycles. The molecule has 0 aromatic rings. The van der Waals surface area contributed by atoms with Crippen molar-refractivity contribution in [2.45, 2.75) is 327 Å². The van der Waals surface area contributed by atoms with Crippen LogP contribution in [-0.2, 0) is 23.8 Å². The van der Waals surface area contributed by atoms with Crippen LogP contribution in [0.5, 0.6) is 0 Å². The Balaban J connectivity index is 2.63. The quantitative estimate of drug-likeness (QED) is 0.0195. The van der Waals surface area contributed by atoms with Crippen molar-refractivity contribution in [1.82, 2.24) is 5.32 Å². The van der Waals surface area contributed by atoms with Crippen molar-refractivity contribution >= 4 is 11.9 Å². The van der Waals surface area contributed by atoms with Gasteiger partial charge in [-0.15, -0.1) is 0 Å². The standard InChI is InChI=1S/C71H123NO10/c1-4-7-10-13-16-19-22-25-27-29-30-31-32-33-34-35-37-38-40-43-46-49-52-55-58-64(75)70(79)72-62(63(74)57-54-51-48-45-42-24-21-18-15-12-9-6-3)61-80-71-69(68(78)67(77)65(60-73)81-71)82-66(76)59-56-53-50-47-44-41-39-36-28-26-23-20-17-14-11-8-5-2/h8,11,16-17,19-20,25-28,39,41,47,50,54,57,62-65,67-69,71,73-75,77-78H,4-7,9-10,12-15,18,21-24,29-38,40,42-46,48-49,51-53,55-56,58-61H2,1-3H3,(H,72,79)/b11-8-,19-16-,20-17-,27-25-,28-26-,41-39-,50-47-,57-54+. The minimum Gasteiger partial charge on any atom is -0.454 e. The molecule has 8 unspecified atom stereocenters. The van der Waals surface area contributed by atoms with Gasteiger partial charge in [0.15, 0.2) is 12.4 Å². The number of carbonyl (C=O) groups excluding carboxylic acids is 2. The molecule has 1 amide bonds. The molecule has 6 N–H and O–H groups in total. The second-order valence-electron chi connectivity index (χ2n) is 22.8. The molecule has 1 aliphatic rings. The summed E-state index contributed by atoms with van der Waals surface area (Å²) in [6, 6.07) is -1.04. The first-order valence-corrected chi connectivity index (χ1v) is 33.5. The molecule has 1 saturated heterocycles. The molecule has 0 radical (unpaired) electrons. The topological polar surface area (TPSA) is 175 Å². The van der Waals surface area contributed by atoms with Gasteiger partial charge in [0.25, 0.3) is 0 Å². The second kappa shape index (κ2) is 58.0. The van der Waals surface area contributed by atoms with E-state index in [4.69, 9.17) is 14.2 Å². The highest BCUT2D eigenvalue weighted by atomic mass is 16.7. The lowest BCUT2D eigenvalue weighted by Crippen LogP contribution is -2.61. The van der Waals surface area contributed by atoms with E-state index in [0.29, 0.717) is 19.3 Å². The first-order valence-electron chi connectivity index (χ1n) is 33.5. The van der Waals surface area contributed by atoms with Crippen LogP contribution in [-0.4, -0.2) is 99.6 Å². The summed E-state index contributed by atoms with van der Waals surface area (Å²) in [4.78, 5) is 26.6. The highest BCUT2D eigenvalue weighted by Gasteiger charge is 2.47. The Morgan fingerprint density at radius 2 is 0.878 bits per heavy atom. The van der Waals surface area contributed by atoms with Gasteiger partial charge in [0, 0.05) is 6.42 Å². The number of hydrogen-bond acceptors (Lipinski definition) is 10. The minimum absolute atomic E-state index is 0.0419. The van der Waals surface area contributed by atoms with Crippen LogP contribution in [0.1, 0.15) is 278 Å². The van der Waals surface area contributed by atoms with Gasteiger partial charge in [0.2, 0.25) is 5.91 Å². The van der Waals surface area contributed by atoms with Crippen LogP contribution in [0.4, 0.5) is 0 Å². The van der Waals surface area contributed by atoms with Crippen molar-refractivity contribution in [2.24, 2.45) is 0 Å². The van der Waals surface area contributed by atoms with Gasteiger partial charge in [-0.1, -0.05) is 272 Å². The number of esters is 1. The van der Waals surface area contributed by atoms with Gasteiger partial charge in [-0.05, 0) is 96.3 Å². The van der Waals surface area contributed by atoms with Crippen LogP contribution in [0.15, 0.2) is 97.2 Å². The lowest BCUT2D eigenvalue weighted by atomic mass is 9.99. The molecule has 472 valence electrons. The molecular weight excluding hydrogens is 1030 g/mol. The molecule has 0 spiro atoms. The van der Waals surface area contributed by atoms with Gasteiger partial charge in [-0.2, -0.15) is 0 Å². The van der Waals surface area contributed by atoms with Crippen LogP contribution >= 0.6 is 0 Å². The summed E-state index contributed by atoms with van der Waals surface area (Å²) in [7, 11) is 0. The predicted octanol–water partition coefficient (Wildman–Crippen LogP) is 16.7. The van der Waals surface area contributed by atoms with Crippen LogP contribution in [0.2, 0.25) is 0 Å². The van der Waals surface area contributed by atoms with E-state index in [-0.39, 0.29) is 19.4 Å². The third-order valence-electron chi connectivity index (χ3n) is 15.2. The second-order valence-corrected chi connectivity index (χ2v) is 22.8. The highest BCUT2D eigenvalue weighted by molar-refractivity contribution is 5.80. The maximum Gasteiger partial charge on any atom is 0.306 e. The minimum atomic E-state index is -1.64. The molecular formula is C71H123NO10. The molecule has 0 aromatic carbocycles. The van der Waals surface area contributed by atoms with E-state index < -0.39 is 67.4 Å². The van der Waals surface area contributed by atoms with Crippen LogP contribution < -0.4 is 5.32 Å². The molecule has 1 rings (SSSR count). The number of nitrogens with one attached hydrogen (secondary N) is 1. The maximum atomic E-state index is 13.5. The number of aliphatic hydroxyl groups is 5. The summed E-state index contributed by atoms with van der Waals surface area (Å²) in [5, 5.41) is 57.1. The SMILES string of the molecule is CC/C=C\C/C=C\C/C=C\C/C=C\C/C=C\CCCC(=O)OC1C(OCC(NC(=O)C(O)CCCCCCCCCCCCCCCC/C=C\C/C=C\CCCCC)C(O)/C=C/CCCCCCCCCCCC)OC(CO)C(O)C1O. The van der Waals surface area contributed by atoms with Crippen molar-refractivity contribution in [3.63, 3.8) is 0 Å². The van der Waals surface area contributed by atoms with Gasteiger partial charge in [-0.3, -0.25) is 9.59 Å². The van der Waals surface area contributed by atoms with Gasteiger partial charge in [-0.25, -0.2) is 0 Å². The Bertz CT molecular complexity index is 1700. The molecule has 11 heteroatoms. The number of rotatable bonds is 56. The van der Waals surface area contributed by atoms with Crippen molar-refractivity contribution < 1.29 is 49.3 Å². The number of hydrogen-bond donors (Lipinski definition) is 6. The van der Waals surface area contributed by atoms with E-state index in [1.807, 2.05) is 18.2 Å². The summed E-state index contributed by atoms with van der Waals surface area (Å²) in [6.45, 7) is 5.63. The number of amides is 1. The molecule has 82 heavy (non-hydrogen) atoms. The summed E-state index contributed by atoms with van der Waals surface area (Å²) in [5.74, 6) is -1.26. The number of aliphatic hydroxyl groups excluding tert-OH is 5. The van der Waals surface area contributed by atoms with E-state index in [9.17, 15) is 35.1 Å². The molecule has 11 nitrogen and oxygen atoms in total. The Morgan fingerprint density at radius 1 is 0.488 bits per heavy atom. The Morgan fingerprint density at radius 3 is 1.34 bits per heavy atom. The van der Waals surface area contributed by atoms with Crippen molar-refractivity contribution in [1.29, 1.82) is 0 Å². The van der Waals surface area contributed by atoms with Crippen molar-refractivity contribution in [2.75, 3.05) is 13.2 Å². The fourth-order valence-corrected chi connectivity index (χ4v) is 9.95. The first kappa shape index (κ1) is 76.6. The summed E-state index contributed by atoms with van der Waals surface area (Å²) < 4.78 is 17.6. The molecule has 1 aliphatic heterocycles. The number of allylic oxidation sites excluding steroid dienone is 15. The number of ether oxygens (including phenoxy) is 3. The zero-order valence-corrected chi connectivity index (χ0v) is 52.3. The van der Waals surface area contributed by atoms with E-state index >= 15 is 0 Å². The Labute approximate surface area is 501 Å². The Kier molecular flexibility index (Phi) is 54.2. The molecule has 8 atom stereocenters. The van der Waals surface area contributed by atoms with Crippen molar-refractivity contribution in [3.8, 4) is 0 Å². The maximum absolute atomic E-state index is 13.5. The van der Waals surface area contributed by atoms with Crippen molar-refractivity contribution in [3.05, 3.63) is 97.2 Å². The van der Waals surface area contributed by atoms with Crippen LogP contribution in [0.25, 0.3) is 0 Å². The fraction of sp³-hybridized carbons (Fsp3) is 0.746. The fourth-order valence-electron chi connectivity index (χ4n) is 9.95. The molecule has 1 heterocycles. The summed E-state index contributed by atoms with van der Waals surface area (Å²) in [6.07, 6.45) is 67.4. The third kappa shape index (κ3) is 45.0. The van der Waals surface area contributed by atoms with Gasteiger partial charge in [0.1, 0.15) is 24.4 Å². The molecule has 0 aromatic heterocycles. The monoisotopic (exact) mass is 1150 g/mol. The zero-order chi connectivity index (χ0) is 59.6. The lowest BCUT2D eigenvalue weighted by molar-refractivity contribution is -0.305. The van der Waals surface area contributed by atoms with Crippen LogP contribution in [0, 0.1) is 0 Å². The predicted molar refractivity (Wildman–Crippen MR) is 342 cm³/mol. The lowest BCUT2D eigenvalue weighted by Gasteiger charge is -2.41. The van der Waals surface area contributed by atoms with Gasteiger partial charge >= 0.3 is 5.97 Å². The van der Waals surface area contributed by atoms with E-state index in [2.05, 4.69) is 99.0 Å². The third-order valence-corrected chi connectivity index (χ3v) is 15.2. The van der Waals surface area contributed by atoms with E-state index in [1.54, 1.807) is 6.08 Å². The van der Waals surface area contributed by atoms with Gasteiger partial charge in [0.05, 0.1) is 25.4 Å².